The van der Waals surface area contributed by atoms with Gasteiger partial charge in [-0.05, 0) is 44.0 Å². The van der Waals surface area contributed by atoms with E-state index in [0.717, 1.165) is 62.8 Å². The van der Waals surface area contributed by atoms with Crippen molar-refractivity contribution in [3.8, 4) is 0 Å². The average Bonchev–Trinajstić information content (AvgIpc) is 3.17. The summed E-state index contributed by atoms with van der Waals surface area (Å²) in [4.78, 5) is 21.6. The third-order valence-electron chi connectivity index (χ3n) is 5.37. The van der Waals surface area contributed by atoms with Gasteiger partial charge >= 0.3 is 0 Å². The van der Waals surface area contributed by atoms with Crippen LogP contribution in [0.4, 0.5) is 5.69 Å². The van der Waals surface area contributed by atoms with Gasteiger partial charge < -0.3 is 10.2 Å². The molecular formula is C23H34N4OS. The maximum atomic E-state index is 12.1. The first-order valence-electron chi connectivity index (χ1n) is 10.8. The highest BCUT2D eigenvalue weighted by molar-refractivity contribution is 7.09. The molecule has 0 saturated carbocycles. The lowest BCUT2D eigenvalue weighted by molar-refractivity contribution is -0.120. The quantitative estimate of drug-likeness (QED) is 0.634. The molecule has 1 N–H and O–H groups in total. The summed E-state index contributed by atoms with van der Waals surface area (Å²) in [5.41, 5.74) is 3.55. The number of aryl methyl sites for hydroxylation is 1. The summed E-state index contributed by atoms with van der Waals surface area (Å²) in [5, 5.41) is 6.15. The Morgan fingerprint density at radius 1 is 1.21 bits per heavy atom. The Bertz CT molecular complexity index is 781. The van der Waals surface area contributed by atoms with E-state index in [1.54, 1.807) is 11.3 Å². The first-order chi connectivity index (χ1) is 14.0. The Morgan fingerprint density at radius 2 is 2.00 bits per heavy atom. The van der Waals surface area contributed by atoms with Crippen molar-refractivity contribution in [3.05, 3.63) is 45.9 Å². The highest BCUT2D eigenvalue weighted by Crippen LogP contribution is 2.19. The molecule has 1 aliphatic heterocycles. The number of carbonyl (C=O) groups is 1. The first-order valence-corrected chi connectivity index (χ1v) is 11.6. The Kier molecular flexibility index (Phi) is 8.07. The van der Waals surface area contributed by atoms with Crippen LogP contribution in [0.1, 0.15) is 48.9 Å². The van der Waals surface area contributed by atoms with Gasteiger partial charge in [-0.25, -0.2) is 4.98 Å². The van der Waals surface area contributed by atoms with Crippen molar-refractivity contribution < 1.29 is 4.79 Å². The van der Waals surface area contributed by atoms with Crippen LogP contribution in [0.15, 0.2) is 29.6 Å². The molecule has 1 aliphatic rings. The van der Waals surface area contributed by atoms with Gasteiger partial charge in [0.05, 0.1) is 17.1 Å². The number of benzene rings is 1. The van der Waals surface area contributed by atoms with E-state index in [1.807, 2.05) is 5.38 Å². The van der Waals surface area contributed by atoms with Gasteiger partial charge in [-0.15, -0.1) is 11.3 Å². The predicted molar refractivity (Wildman–Crippen MR) is 122 cm³/mol. The fourth-order valence-electron chi connectivity index (χ4n) is 3.64. The number of nitrogens with one attached hydrogen (secondary N) is 1. The molecule has 5 nitrogen and oxygen atoms in total. The first kappa shape index (κ1) is 21.8. The number of aromatic nitrogens is 1. The van der Waals surface area contributed by atoms with E-state index in [0.29, 0.717) is 12.3 Å². The van der Waals surface area contributed by atoms with Gasteiger partial charge in [-0.1, -0.05) is 26.0 Å². The fourth-order valence-corrected chi connectivity index (χ4v) is 4.47. The maximum Gasteiger partial charge on any atom is 0.226 e. The van der Waals surface area contributed by atoms with Gasteiger partial charge in [0.2, 0.25) is 5.91 Å². The molecule has 0 aliphatic carbocycles. The van der Waals surface area contributed by atoms with E-state index in [9.17, 15) is 4.79 Å². The smallest absolute Gasteiger partial charge is 0.226 e. The van der Waals surface area contributed by atoms with Crippen LogP contribution in [-0.4, -0.2) is 55.1 Å². The molecule has 0 spiro atoms. The minimum absolute atomic E-state index is 0.0809. The second-order valence-corrected chi connectivity index (χ2v) is 9.12. The molecule has 0 radical (unpaired) electrons. The standard InChI is InChI=1S/C23H34N4OS/c1-18(2)23-25-20(17-29-23)16-22(28)24-9-4-5-10-26-11-13-27(14-12-26)21-8-6-7-19(3)15-21/h6-8,15,17-18H,4-5,9-14,16H2,1-3H3,(H,24,28). The van der Waals surface area contributed by atoms with Gasteiger partial charge in [0, 0.05) is 49.7 Å². The molecular weight excluding hydrogens is 380 g/mol. The van der Waals surface area contributed by atoms with Crippen LogP contribution < -0.4 is 10.2 Å². The van der Waals surface area contributed by atoms with Crippen molar-refractivity contribution in [2.75, 3.05) is 44.2 Å². The van der Waals surface area contributed by atoms with Crippen molar-refractivity contribution in [2.24, 2.45) is 0 Å². The summed E-state index contributed by atoms with van der Waals surface area (Å²) >= 11 is 1.65. The third kappa shape index (κ3) is 6.82. The number of carbonyl (C=O) groups excluding carboxylic acids is 1. The normalized spacial score (nSPS) is 15.1. The molecule has 29 heavy (non-hydrogen) atoms. The van der Waals surface area contributed by atoms with Gasteiger partial charge in [0.15, 0.2) is 0 Å². The lowest BCUT2D eigenvalue weighted by Crippen LogP contribution is -2.46. The summed E-state index contributed by atoms with van der Waals surface area (Å²) < 4.78 is 0. The van der Waals surface area contributed by atoms with E-state index in [4.69, 9.17) is 0 Å². The van der Waals surface area contributed by atoms with Crippen molar-refractivity contribution in [2.45, 2.75) is 46.0 Å². The van der Waals surface area contributed by atoms with E-state index in [1.165, 1.54) is 11.3 Å². The van der Waals surface area contributed by atoms with E-state index in [2.05, 4.69) is 65.1 Å². The third-order valence-corrected chi connectivity index (χ3v) is 6.56. The zero-order valence-electron chi connectivity index (χ0n) is 18.0. The molecule has 1 aromatic heterocycles. The van der Waals surface area contributed by atoms with Crippen LogP contribution in [0.3, 0.4) is 0 Å². The molecule has 3 rings (SSSR count). The van der Waals surface area contributed by atoms with Crippen molar-refractivity contribution in [3.63, 3.8) is 0 Å². The number of piperazine rings is 1. The van der Waals surface area contributed by atoms with Gasteiger partial charge in [0.1, 0.15) is 0 Å². The zero-order chi connectivity index (χ0) is 20.6. The molecule has 0 unspecified atom stereocenters. The number of amides is 1. The molecule has 6 heteroatoms. The lowest BCUT2D eigenvalue weighted by Gasteiger charge is -2.36. The highest BCUT2D eigenvalue weighted by atomic mass is 32.1. The van der Waals surface area contributed by atoms with Gasteiger partial charge in [0.25, 0.3) is 0 Å². The Balaban J connectivity index is 1.27. The number of hydrogen-bond acceptors (Lipinski definition) is 5. The van der Waals surface area contributed by atoms with E-state index in [-0.39, 0.29) is 5.91 Å². The second-order valence-electron chi connectivity index (χ2n) is 8.23. The minimum Gasteiger partial charge on any atom is -0.369 e. The zero-order valence-corrected chi connectivity index (χ0v) is 18.8. The highest BCUT2D eigenvalue weighted by Gasteiger charge is 2.16. The topological polar surface area (TPSA) is 48.5 Å². The SMILES string of the molecule is Cc1cccc(N2CCN(CCCCNC(=O)Cc3csc(C(C)C)n3)CC2)c1. The lowest BCUT2D eigenvalue weighted by atomic mass is 10.2. The van der Waals surface area contributed by atoms with Crippen LogP contribution in [0.2, 0.25) is 0 Å². The second kappa shape index (κ2) is 10.7. The largest absolute Gasteiger partial charge is 0.369 e. The van der Waals surface area contributed by atoms with Gasteiger partial charge in [-0.2, -0.15) is 0 Å². The Hall–Kier alpha value is -1.92. The summed E-state index contributed by atoms with van der Waals surface area (Å²) in [6.45, 7) is 12.7. The summed E-state index contributed by atoms with van der Waals surface area (Å²) in [5.74, 6) is 0.507. The fraction of sp³-hybridized carbons (Fsp3) is 0.565. The number of nitrogens with zero attached hydrogens (tertiary/aromatic N) is 3. The maximum absolute atomic E-state index is 12.1. The molecule has 0 bridgehead atoms. The molecule has 0 atom stereocenters. The number of anilines is 1. The van der Waals surface area contributed by atoms with E-state index >= 15 is 0 Å². The van der Waals surface area contributed by atoms with E-state index < -0.39 is 0 Å². The van der Waals surface area contributed by atoms with Crippen LogP contribution >= 0.6 is 11.3 Å². The molecule has 2 heterocycles. The predicted octanol–water partition coefficient (Wildman–Crippen LogP) is 3.84. The molecule has 1 saturated heterocycles. The monoisotopic (exact) mass is 414 g/mol. The summed E-state index contributed by atoms with van der Waals surface area (Å²) in [6, 6.07) is 8.77. The van der Waals surface area contributed by atoms with Crippen molar-refractivity contribution >= 4 is 22.9 Å². The Labute approximate surface area is 179 Å². The van der Waals surface area contributed by atoms with Crippen LogP contribution in [-0.2, 0) is 11.2 Å². The van der Waals surface area contributed by atoms with Crippen molar-refractivity contribution in [1.82, 2.24) is 15.2 Å². The van der Waals surface area contributed by atoms with Crippen LogP contribution in [0.5, 0.6) is 0 Å². The van der Waals surface area contributed by atoms with Crippen LogP contribution in [0.25, 0.3) is 0 Å². The number of hydrogen-bond donors (Lipinski definition) is 1. The average molecular weight is 415 g/mol. The van der Waals surface area contributed by atoms with Crippen LogP contribution in [0, 0.1) is 6.92 Å². The number of thiazole rings is 1. The molecule has 158 valence electrons. The summed E-state index contributed by atoms with van der Waals surface area (Å²) in [6.07, 6.45) is 2.54. The number of rotatable bonds is 9. The summed E-state index contributed by atoms with van der Waals surface area (Å²) in [7, 11) is 0. The van der Waals surface area contributed by atoms with Gasteiger partial charge in [-0.3, -0.25) is 9.69 Å². The Morgan fingerprint density at radius 3 is 2.69 bits per heavy atom. The molecule has 1 aromatic carbocycles. The number of unbranched alkanes of at least 4 members (excludes halogenated alkanes) is 1. The molecule has 1 fully saturated rings. The van der Waals surface area contributed by atoms with Crippen molar-refractivity contribution in [1.29, 1.82) is 0 Å². The minimum atomic E-state index is 0.0809. The molecule has 1 amide bonds. The molecule has 2 aromatic rings.